The van der Waals surface area contributed by atoms with Gasteiger partial charge in [0.15, 0.2) is 0 Å². The molecule has 0 saturated heterocycles. The SMILES string of the molecule is Cc1cc2c(cc1C)C1=[N+]3C2=Nc2c4cc(C)c(C)cc4c4n2C32n3c(c5cc(C)c(C)cc5c3=NC3=[N+]2C(=N4)c2cc(C)c(C)cc23)=N1. The third-order valence-corrected chi connectivity index (χ3v) is 12.2. The van der Waals surface area contributed by atoms with E-state index in [-0.39, 0.29) is 0 Å². The second kappa shape index (κ2) is 7.76. The van der Waals surface area contributed by atoms with Crippen LogP contribution in [-0.2, 0) is 5.91 Å². The third kappa shape index (κ3) is 2.60. The Morgan fingerprint density at radius 3 is 1.16 bits per heavy atom. The van der Waals surface area contributed by atoms with E-state index in [1.165, 1.54) is 44.5 Å². The van der Waals surface area contributed by atoms with Gasteiger partial charge in [-0.1, -0.05) is 20.0 Å². The molecule has 2 aromatic heterocycles. The molecule has 12 rings (SSSR count). The summed E-state index contributed by atoms with van der Waals surface area (Å²) in [6.07, 6.45) is 0. The maximum Gasteiger partial charge on any atom is 0.404 e. The van der Waals surface area contributed by atoms with Crippen LogP contribution < -0.4 is 11.0 Å². The van der Waals surface area contributed by atoms with E-state index >= 15 is 0 Å². The highest BCUT2D eigenvalue weighted by molar-refractivity contribution is 6.20. The van der Waals surface area contributed by atoms with Gasteiger partial charge >= 0.3 is 5.91 Å². The summed E-state index contributed by atoms with van der Waals surface area (Å²) >= 11 is 0. The number of benzene rings is 4. The molecule has 0 N–H and O–H groups in total. The van der Waals surface area contributed by atoms with Gasteiger partial charge in [-0.2, -0.15) is 9.13 Å². The zero-order valence-corrected chi connectivity index (χ0v) is 28.7. The van der Waals surface area contributed by atoms with Gasteiger partial charge in [-0.05, 0) is 148 Å². The van der Waals surface area contributed by atoms with Crippen molar-refractivity contribution in [1.82, 2.24) is 9.13 Å². The van der Waals surface area contributed by atoms with Crippen LogP contribution in [0.4, 0.5) is 11.6 Å². The predicted molar refractivity (Wildman–Crippen MR) is 191 cm³/mol. The van der Waals surface area contributed by atoms with E-state index in [0.717, 1.165) is 89.8 Å². The summed E-state index contributed by atoms with van der Waals surface area (Å²) in [4.78, 5) is 22.5. The second-order valence-corrected chi connectivity index (χ2v) is 14.9. The average Bonchev–Trinajstić information content (AvgIpc) is 3.74. The highest BCUT2D eigenvalue weighted by atomic mass is 15.7. The number of hydrogen-bond acceptors (Lipinski definition) is 4. The van der Waals surface area contributed by atoms with Crippen molar-refractivity contribution in [2.24, 2.45) is 20.0 Å². The Morgan fingerprint density at radius 2 is 0.755 bits per heavy atom. The number of rotatable bonds is 0. The van der Waals surface area contributed by atoms with Crippen LogP contribution in [0.3, 0.4) is 0 Å². The second-order valence-electron chi connectivity index (χ2n) is 14.9. The van der Waals surface area contributed by atoms with E-state index in [1.54, 1.807) is 0 Å². The van der Waals surface area contributed by atoms with Gasteiger partial charge in [0.05, 0.1) is 22.3 Å². The first-order chi connectivity index (χ1) is 23.6. The maximum atomic E-state index is 5.62. The summed E-state index contributed by atoms with van der Waals surface area (Å²) < 4.78 is 9.59. The molecule has 0 saturated carbocycles. The van der Waals surface area contributed by atoms with Crippen LogP contribution in [0.1, 0.15) is 66.8 Å². The van der Waals surface area contributed by atoms with Crippen molar-refractivity contribution >= 4 is 56.5 Å². The van der Waals surface area contributed by atoms with Crippen LogP contribution in [0.25, 0.3) is 21.5 Å². The van der Waals surface area contributed by atoms with Crippen molar-refractivity contribution < 1.29 is 9.15 Å². The molecule has 8 heteroatoms. The lowest BCUT2D eigenvalue weighted by Crippen LogP contribution is -2.71. The normalized spacial score (nSPS) is 17.6. The number of aryl methyl sites for hydroxylation is 8. The first-order valence-corrected chi connectivity index (χ1v) is 17.1. The lowest BCUT2D eigenvalue weighted by Gasteiger charge is -2.40. The van der Waals surface area contributed by atoms with Crippen LogP contribution >= 0.6 is 0 Å². The summed E-state index contributed by atoms with van der Waals surface area (Å²) in [6.45, 7) is 17.5. The minimum absolute atomic E-state index is 0.918. The largest absolute Gasteiger partial charge is 0.404 e. The summed E-state index contributed by atoms with van der Waals surface area (Å²) in [7, 11) is 0. The highest BCUT2D eigenvalue weighted by Gasteiger charge is 2.69. The van der Waals surface area contributed by atoms with Crippen molar-refractivity contribution in [3.63, 3.8) is 0 Å². The molecule has 1 spiro atoms. The van der Waals surface area contributed by atoms with Crippen molar-refractivity contribution in [3.05, 3.63) is 126 Å². The van der Waals surface area contributed by atoms with Gasteiger partial charge in [0.1, 0.15) is 0 Å². The molecule has 0 bridgehead atoms. The lowest BCUT2D eigenvalue weighted by molar-refractivity contribution is -0.790. The molecular weight excluding hydrogens is 605 g/mol. The molecule has 8 nitrogen and oxygen atoms in total. The van der Waals surface area contributed by atoms with Crippen molar-refractivity contribution in [3.8, 4) is 0 Å². The van der Waals surface area contributed by atoms with Crippen molar-refractivity contribution in [1.29, 1.82) is 0 Å². The van der Waals surface area contributed by atoms with E-state index in [1.807, 2.05) is 0 Å². The number of aliphatic imine (C=N–C) groups is 2. The number of fused-ring (bicyclic) bond motifs is 12. The van der Waals surface area contributed by atoms with Gasteiger partial charge in [-0.3, -0.25) is 0 Å². The van der Waals surface area contributed by atoms with Crippen LogP contribution in [0.15, 0.2) is 68.5 Å². The van der Waals surface area contributed by atoms with Gasteiger partial charge < -0.3 is 0 Å². The number of nitrogens with zero attached hydrogens (tertiary/aromatic N) is 8. The molecule has 49 heavy (non-hydrogen) atoms. The summed E-state index contributed by atoms with van der Waals surface area (Å²) in [6, 6.07) is 18.5. The molecule has 4 aromatic carbocycles. The number of amidine groups is 4. The van der Waals surface area contributed by atoms with E-state index in [4.69, 9.17) is 20.0 Å². The molecule has 6 aromatic rings. The Bertz CT molecular complexity index is 2860. The standard InChI is InChI=1S/C41H32N8/c1-17-9-25-26(10-18(17)2)34-43-36-29-13-21(5)22(6)14-30(29)38-45-40-32-16-24(8)23(7)15-31(32)39-44-37-28-12-20(4)19(3)11-27(28)35-42-33(25)46(34)41(47(35)37,48(36)38)49(39)40/h9-16H,1-8H3/q+2. The van der Waals surface area contributed by atoms with Gasteiger partial charge in [-0.15, -0.1) is 9.15 Å². The topological polar surface area (TPSA) is 65.3 Å². The van der Waals surface area contributed by atoms with E-state index in [9.17, 15) is 0 Å². The summed E-state index contributed by atoms with van der Waals surface area (Å²) in [5, 5.41) is 4.45. The molecule has 234 valence electrons. The van der Waals surface area contributed by atoms with Crippen molar-refractivity contribution in [2.75, 3.05) is 0 Å². The molecule has 0 atom stereocenters. The van der Waals surface area contributed by atoms with E-state index in [2.05, 4.69) is 122 Å². The zero-order chi connectivity index (χ0) is 33.2. The monoisotopic (exact) mass is 636 g/mol. The van der Waals surface area contributed by atoms with E-state index in [0.29, 0.717) is 0 Å². The molecule has 0 unspecified atom stereocenters. The quantitative estimate of drug-likeness (QED) is 0.179. The molecule has 0 fully saturated rings. The molecule has 0 radical (unpaired) electrons. The Hall–Kier alpha value is -5.76. The average molecular weight is 637 g/mol. The van der Waals surface area contributed by atoms with Crippen LogP contribution in [-0.4, -0.2) is 41.6 Å². The summed E-state index contributed by atoms with van der Waals surface area (Å²) in [5.74, 6) is 4.53. The number of hydrogen-bond donors (Lipinski definition) is 0. The molecule has 6 aliphatic rings. The molecule has 8 heterocycles. The Balaban J connectivity index is 1.41. The van der Waals surface area contributed by atoms with Gasteiger partial charge in [0.25, 0.3) is 23.3 Å². The highest BCUT2D eigenvalue weighted by Crippen LogP contribution is 2.53. The molecule has 6 aliphatic heterocycles. The molecule has 0 aliphatic carbocycles. The van der Waals surface area contributed by atoms with Crippen molar-refractivity contribution in [2.45, 2.75) is 61.3 Å². The first kappa shape index (κ1) is 26.2. The Morgan fingerprint density at radius 1 is 0.408 bits per heavy atom. The number of aromatic nitrogens is 2. The fourth-order valence-electron chi connectivity index (χ4n) is 9.13. The fourth-order valence-corrected chi connectivity index (χ4v) is 9.13. The lowest BCUT2D eigenvalue weighted by atomic mass is 10.00. The summed E-state index contributed by atoms with van der Waals surface area (Å²) in [5.41, 5.74) is 16.2. The maximum absolute atomic E-state index is 5.62. The van der Waals surface area contributed by atoms with Crippen LogP contribution in [0.5, 0.6) is 0 Å². The predicted octanol–water partition coefficient (Wildman–Crippen LogP) is 6.18. The molecular formula is C41H32N8+2. The fraction of sp³-hybridized carbons (Fsp3) is 0.220. The minimum atomic E-state index is -0.971. The third-order valence-electron chi connectivity index (χ3n) is 12.2. The van der Waals surface area contributed by atoms with Crippen LogP contribution in [0, 0.1) is 55.4 Å². The minimum Gasteiger partial charge on any atom is -0.192 e. The Labute approximate surface area is 281 Å². The van der Waals surface area contributed by atoms with Gasteiger partial charge in [-0.25, -0.2) is 0 Å². The Kier molecular flexibility index (Phi) is 4.15. The first-order valence-electron chi connectivity index (χ1n) is 17.1. The van der Waals surface area contributed by atoms with Crippen LogP contribution in [0.2, 0.25) is 0 Å². The zero-order valence-electron chi connectivity index (χ0n) is 28.7. The smallest absolute Gasteiger partial charge is 0.192 e. The van der Waals surface area contributed by atoms with Gasteiger partial charge in [0.2, 0.25) is 22.6 Å². The van der Waals surface area contributed by atoms with Gasteiger partial charge in [0, 0.05) is 21.5 Å². The van der Waals surface area contributed by atoms with E-state index < -0.39 is 5.91 Å². The molecule has 0 amide bonds.